The molecule has 3 heteroatoms. The van der Waals surface area contributed by atoms with E-state index in [1.165, 1.54) is 5.56 Å². The number of rotatable bonds is 7. The number of carbonyl (C=O) groups is 1. The molecule has 0 spiro atoms. The van der Waals surface area contributed by atoms with Crippen molar-refractivity contribution >= 4 is 5.91 Å². The molecule has 3 aromatic carbocycles. The van der Waals surface area contributed by atoms with Crippen molar-refractivity contribution in [3.05, 3.63) is 102 Å². The maximum absolute atomic E-state index is 12.7. The molecule has 0 aliphatic heterocycles. The van der Waals surface area contributed by atoms with E-state index in [-0.39, 0.29) is 23.6 Å². The van der Waals surface area contributed by atoms with E-state index in [1.54, 1.807) is 12.1 Å². The topological polar surface area (TPSA) is 49.3 Å². The molecule has 27 heavy (non-hydrogen) atoms. The third kappa shape index (κ3) is 5.20. The first-order chi connectivity index (χ1) is 13.1. The predicted octanol–water partition coefficient (Wildman–Crippen LogP) is 4.66. The molecule has 1 amide bonds. The molecule has 0 fully saturated rings. The number of amides is 1. The zero-order valence-corrected chi connectivity index (χ0v) is 15.5. The minimum Gasteiger partial charge on any atom is -0.508 e. The standard InChI is InChI=1S/C24H25NO2/c1-18(16-19-10-4-2-5-11-19)25-24(27)17-22(20-12-6-3-7-13-20)21-14-8-9-15-23(21)26/h2-15,18,22,26H,16-17H2,1H3,(H,25,27)/t18-,22-/m0/s1. The van der Waals surface area contributed by atoms with Crippen LogP contribution in [0.5, 0.6) is 5.75 Å². The van der Waals surface area contributed by atoms with Crippen molar-refractivity contribution in [3.63, 3.8) is 0 Å². The molecular weight excluding hydrogens is 334 g/mol. The first-order valence-electron chi connectivity index (χ1n) is 9.29. The van der Waals surface area contributed by atoms with Crippen LogP contribution in [-0.2, 0) is 11.2 Å². The summed E-state index contributed by atoms with van der Waals surface area (Å²) >= 11 is 0. The highest BCUT2D eigenvalue weighted by Crippen LogP contribution is 2.33. The van der Waals surface area contributed by atoms with Crippen LogP contribution >= 0.6 is 0 Å². The third-order valence-corrected chi connectivity index (χ3v) is 4.70. The van der Waals surface area contributed by atoms with Gasteiger partial charge in [-0.1, -0.05) is 78.9 Å². The Hall–Kier alpha value is -3.07. The number of nitrogens with one attached hydrogen (secondary N) is 1. The van der Waals surface area contributed by atoms with Crippen LogP contribution in [-0.4, -0.2) is 17.1 Å². The van der Waals surface area contributed by atoms with E-state index in [2.05, 4.69) is 17.4 Å². The van der Waals surface area contributed by atoms with Gasteiger partial charge in [0.15, 0.2) is 0 Å². The van der Waals surface area contributed by atoms with E-state index in [1.807, 2.05) is 67.6 Å². The number of carbonyl (C=O) groups excluding carboxylic acids is 1. The summed E-state index contributed by atoms with van der Waals surface area (Å²) in [5.41, 5.74) is 2.99. The van der Waals surface area contributed by atoms with E-state index in [9.17, 15) is 9.90 Å². The van der Waals surface area contributed by atoms with Gasteiger partial charge in [0.05, 0.1) is 0 Å². The number of phenolic OH excluding ortho intramolecular Hbond substituents is 1. The molecule has 0 aliphatic carbocycles. The Morgan fingerprint density at radius 1 is 0.889 bits per heavy atom. The lowest BCUT2D eigenvalue weighted by Gasteiger charge is -2.21. The fourth-order valence-corrected chi connectivity index (χ4v) is 3.41. The molecular formula is C24H25NO2. The zero-order valence-electron chi connectivity index (χ0n) is 15.5. The maximum atomic E-state index is 12.7. The molecule has 0 aromatic heterocycles. The van der Waals surface area contributed by atoms with Crippen molar-refractivity contribution in [2.24, 2.45) is 0 Å². The lowest BCUT2D eigenvalue weighted by Crippen LogP contribution is -2.35. The van der Waals surface area contributed by atoms with Gasteiger partial charge in [-0.2, -0.15) is 0 Å². The largest absolute Gasteiger partial charge is 0.508 e. The van der Waals surface area contributed by atoms with Crippen molar-refractivity contribution in [3.8, 4) is 5.75 Å². The zero-order chi connectivity index (χ0) is 19.1. The van der Waals surface area contributed by atoms with Gasteiger partial charge in [0.2, 0.25) is 5.91 Å². The molecule has 138 valence electrons. The Kier molecular flexibility index (Phi) is 6.26. The van der Waals surface area contributed by atoms with Crippen LogP contribution in [0.25, 0.3) is 0 Å². The van der Waals surface area contributed by atoms with Crippen molar-refractivity contribution in [1.29, 1.82) is 0 Å². The second-order valence-corrected chi connectivity index (χ2v) is 6.88. The lowest BCUT2D eigenvalue weighted by molar-refractivity contribution is -0.121. The highest BCUT2D eigenvalue weighted by molar-refractivity contribution is 5.78. The summed E-state index contributed by atoms with van der Waals surface area (Å²) in [4.78, 5) is 12.7. The minimum atomic E-state index is -0.184. The summed E-state index contributed by atoms with van der Waals surface area (Å²) in [6.07, 6.45) is 1.08. The Morgan fingerprint density at radius 2 is 1.48 bits per heavy atom. The highest BCUT2D eigenvalue weighted by atomic mass is 16.3. The molecule has 0 radical (unpaired) electrons. The lowest BCUT2D eigenvalue weighted by atomic mass is 9.87. The molecule has 3 aromatic rings. The van der Waals surface area contributed by atoms with Crippen LogP contribution in [0, 0.1) is 0 Å². The highest BCUT2D eigenvalue weighted by Gasteiger charge is 2.21. The number of para-hydroxylation sites is 1. The van der Waals surface area contributed by atoms with Crippen molar-refractivity contribution in [2.75, 3.05) is 0 Å². The summed E-state index contributed by atoms with van der Waals surface area (Å²) < 4.78 is 0. The first-order valence-corrected chi connectivity index (χ1v) is 9.29. The van der Waals surface area contributed by atoms with Crippen molar-refractivity contribution in [2.45, 2.75) is 31.7 Å². The summed E-state index contributed by atoms with van der Waals surface area (Å²) in [7, 11) is 0. The number of benzene rings is 3. The molecule has 0 aliphatic rings. The SMILES string of the molecule is C[C@@H](Cc1ccccc1)NC(=O)C[C@@H](c1ccccc1)c1ccccc1O. The minimum absolute atomic E-state index is 0.0180. The smallest absolute Gasteiger partial charge is 0.221 e. The van der Waals surface area contributed by atoms with Gasteiger partial charge in [0.1, 0.15) is 5.75 Å². The second-order valence-electron chi connectivity index (χ2n) is 6.88. The fourth-order valence-electron chi connectivity index (χ4n) is 3.41. The van der Waals surface area contributed by atoms with Crippen LogP contribution in [0.15, 0.2) is 84.9 Å². The Labute approximate surface area is 160 Å². The fraction of sp³-hybridized carbons (Fsp3) is 0.208. The quantitative estimate of drug-likeness (QED) is 0.644. The van der Waals surface area contributed by atoms with E-state index < -0.39 is 0 Å². The molecule has 0 saturated heterocycles. The summed E-state index contributed by atoms with van der Waals surface area (Å²) in [6.45, 7) is 2.02. The predicted molar refractivity (Wildman–Crippen MR) is 109 cm³/mol. The van der Waals surface area contributed by atoms with Crippen LogP contribution < -0.4 is 5.32 Å². The second kappa shape index (κ2) is 9.04. The number of aromatic hydroxyl groups is 1. The Morgan fingerprint density at radius 3 is 2.15 bits per heavy atom. The van der Waals surface area contributed by atoms with Gasteiger partial charge in [0, 0.05) is 23.9 Å². The van der Waals surface area contributed by atoms with E-state index in [0.717, 1.165) is 17.5 Å². The molecule has 2 atom stereocenters. The van der Waals surface area contributed by atoms with E-state index in [0.29, 0.717) is 6.42 Å². The van der Waals surface area contributed by atoms with Gasteiger partial charge in [0.25, 0.3) is 0 Å². The van der Waals surface area contributed by atoms with Crippen LogP contribution in [0.2, 0.25) is 0 Å². The van der Waals surface area contributed by atoms with Gasteiger partial charge in [-0.3, -0.25) is 4.79 Å². The molecule has 0 unspecified atom stereocenters. The average molecular weight is 359 g/mol. The normalized spacial score (nSPS) is 12.9. The first kappa shape index (κ1) is 18.7. The summed E-state index contributed by atoms with van der Waals surface area (Å²) in [5, 5.41) is 13.4. The van der Waals surface area contributed by atoms with E-state index in [4.69, 9.17) is 0 Å². The molecule has 0 bridgehead atoms. The Bertz CT molecular complexity index is 862. The molecule has 0 saturated carbocycles. The monoisotopic (exact) mass is 359 g/mol. The third-order valence-electron chi connectivity index (χ3n) is 4.70. The van der Waals surface area contributed by atoms with Gasteiger partial charge in [-0.15, -0.1) is 0 Å². The van der Waals surface area contributed by atoms with E-state index >= 15 is 0 Å². The maximum Gasteiger partial charge on any atom is 0.221 e. The number of hydrogen-bond donors (Lipinski definition) is 2. The van der Waals surface area contributed by atoms with Gasteiger partial charge < -0.3 is 10.4 Å². The van der Waals surface area contributed by atoms with Gasteiger partial charge in [-0.25, -0.2) is 0 Å². The molecule has 0 heterocycles. The number of hydrogen-bond acceptors (Lipinski definition) is 2. The van der Waals surface area contributed by atoms with Gasteiger partial charge >= 0.3 is 0 Å². The van der Waals surface area contributed by atoms with Crippen LogP contribution in [0.4, 0.5) is 0 Å². The summed E-state index contributed by atoms with van der Waals surface area (Å²) in [6, 6.07) is 27.3. The van der Waals surface area contributed by atoms with Crippen LogP contribution in [0.3, 0.4) is 0 Å². The number of phenols is 1. The average Bonchev–Trinajstić information content (AvgIpc) is 2.68. The van der Waals surface area contributed by atoms with Crippen molar-refractivity contribution in [1.82, 2.24) is 5.32 Å². The molecule has 3 rings (SSSR count). The van der Waals surface area contributed by atoms with Crippen LogP contribution in [0.1, 0.15) is 36.0 Å². The summed E-state index contributed by atoms with van der Waals surface area (Å²) in [5.74, 6) is 0.0170. The van der Waals surface area contributed by atoms with Crippen molar-refractivity contribution < 1.29 is 9.90 Å². The molecule has 2 N–H and O–H groups in total. The Balaban J connectivity index is 1.72. The molecule has 3 nitrogen and oxygen atoms in total. The van der Waals surface area contributed by atoms with Gasteiger partial charge in [-0.05, 0) is 30.5 Å².